The minimum absolute atomic E-state index is 0.0778. The summed E-state index contributed by atoms with van der Waals surface area (Å²) in [5.74, 6) is -1.05. The summed E-state index contributed by atoms with van der Waals surface area (Å²) in [7, 11) is 1.46. The molecule has 28 heavy (non-hydrogen) atoms. The van der Waals surface area contributed by atoms with Gasteiger partial charge in [-0.25, -0.2) is 9.18 Å². The summed E-state index contributed by atoms with van der Waals surface area (Å²) in [4.78, 5) is 26.6. The van der Waals surface area contributed by atoms with E-state index in [4.69, 9.17) is 9.47 Å². The average molecular weight is 383 g/mol. The Labute approximate surface area is 163 Å². The average Bonchev–Trinajstić information content (AvgIpc) is 2.71. The Hall–Kier alpha value is -2.99. The van der Waals surface area contributed by atoms with Crippen LogP contribution in [-0.4, -0.2) is 43.1 Å². The number of likely N-dealkylation sites (tertiary alicyclic amines) is 1. The number of esters is 1. The van der Waals surface area contributed by atoms with Crippen molar-refractivity contribution in [3.05, 3.63) is 77.1 Å². The first-order chi connectivity index (χ1) is 13.5. The normalized spacial score (nSPS) is 19.3. The second kappa shape index (κ2) is 8.80. The highest BCUT2D eigenvalue weighted by Gasteiger charge is 2.49. The fraction of sp³-hybridized carbons (Fsp3) is 0.273. The van der Waals surface area contributed by atoms with E-state index in [0.29, 0.717) is 5.57 Å². The van der Waals surface area contributed by atoms with E-state index < -0.39 is 18.1 Å². The third kappa shape index (κ3) is 4.12. The summed E-state index contributed by atoms with van der Waals surface area (Å²) in [5, 5.41) is 0. The molecule has 0 aliphatic carbocycles. The molecule has 146 valence electrons. The number of ether oxygens (including phenoxy) is 2. The SMILES string of the molecule is CCOC(=O)/C(=C/c1ccccc1)CN1C(=O)[C@@H](OC)[C@H]1c1ccc(F)cc1. The summed E-state index contributed by atoms with van der Waals surface area (Å²) < 4.78 is 23.8. The Morgan fingerprint density at radius 2 is 1.82 bits per heavy atom. The van der Waals surface area contributed by atoms with Crippen LogP contribution in [0, 0.1) is 5.82 Å². The molecule has 0 saturated carbocycles. The molecular formula is C22H22FNO4. The van der Waals surface area contributed by atoms with Crippen LogP contribution in [0.15, 0.2) is 60.2 Å². The van der Waals surface area contributed by atoms with Crippen molar-refractivity contribution in [2.24, 2.45) is 0 Å². The number of methoxy groups -OCH3 is 1. The number of hydrogen-bond donors (Lipinski definition) is 0. The van der Waals surface area contributed by atoms with Crippen molar-refractivity contribution >= 4 is 18.0 Å². The Bertz CT molecular complexity index is 864. The van der Waals surface area contributed by atoms with Gasteiger partial charge in [0.1, 0.15) is 5.82 Å². The van der Waals surface area contributed by atoms with E-state index in [1.165, 1.54) is 19.2 Å². The van der Waals surface area contributed by atoms with E-state index in [1.807, 2.05) is 30.3 Å². The second-order valence-electron chi connectivity index (χ2n) is 6.42. The second-order valence-corrected chi connectivity index (χ2v) is 6.42. The van der Waals surface area contributed by atoms with Gasteiger partial charge in [-0.3, -0.25) is 4.79 Å². The van der Waals surface area contributed by atoms with Crippen LogP contribution >= 0.6 is 0 Å². The van der Waals surface area contributed by atoms with Gasteiger partial charge in [0.25, 0.3) is 5.91 Å². The highest BCUT2D eigenvalue weighted by Crippen LogP contribution is 2.37. The van der Waals surface area contributed by atoms with Gasteiger partial charge >= 0.3 is 5.97 Å². The standard InChI is InChI=1S/C22H22FNO4/c1-3-28-22(26)17(13-15-7-5-4-6-8-15)14-24-19(20(27-2)21(24)25)16-9-11-18(23)12-10-16/h4-13,19-20H,3,14H2,1-2H3/b17-13+/t19-,20+/m1/s1. The topological polar surface area (TPSA) is 55.8 Å². The van der Waals surface area contributed by atoms with Gasteiger partial charge in [-0.1, -0.05) is 42.5 Å². The zero-order valence-corrected chi connectivity index (χ0v) is 15.8. The molecule has 0 radical (unpaired) electrons. The first-order valence-corrected chi connectivity index (χ1v) is 9.06. The molecule has 0 bridgehead atoms. The predicted molar refractivity (Wildman–Crippen MR) is 103 cm³/mol. The third-order valence-electron chi connectivity index (χ3n) is 4.63. The molecule has 1 saturated heterocycles. The van der Waals surface area contributed by atoms with Crippen molar-refractivity contribution in [2.45, 2.75) is 19.1 Å². The van der Waals surface area contributed by atoms with Crippen LogP contribution in [0.5, 0.6) is 0 Å². The van der Waals surface area contributed by atoms with Crippen LogP contribution in [0.3, 0.4) is 0 Å². The number of nitrogens with zero attached hydrogens (tertiary/aromatic N) is 1. The summed E-state index contributed by atoms with van der Waals surface area (Å²) in [5.41, 5.74) is 1.94. The van der Waals surface area contributed by atoms with Gasteiger partial charge in [0.2, 0.25) is 0 Å². The molecule has 1 aliphatic rings. The van der Waals surface area contributed by atoms with Gasteiger partial charge in [-0.2, -0.15) is 0 Å². The monoisotopic (exact) mass is 383 g/mol. The minimum atomic E-state index is -0.661. The van der Waals surface area contributed by atoms with Gasteiger partial charge in [-0.15, -0.1) is 0 Å². The number of carbonyl (C=O) groups excluding carboxylic acids is 2. The molecule has 1 fully saturated rings. The quantitative estimate of drug-likeness (QED) is 0.418. The Morgan fingerprint density at radius 3 is 2.43 bits per heavy atom. The zero-order chi connectivity index (χ0) is 20.1. The molecule has 1 amide bonds. The molecule has 2 aromatic rings. The lowest BCUT2D eigenvalue weighted by atomic mass is 9.89. The first-order valence-electron chi connectivity index (χ1n) is 9.06. The molecule has 0 aromatic heterocycles. The van der Waals surface area contributed by atoms with Gasteiger partial charge in [0, 0.05) is 7.11 Å². The number of amides is 1. The summed E-state index contributed by atoms with van der Waals surface area (Å²) in [6, 6.07) is 14.9. The van der Waals surface area contributed by atoms with Crippen molar-refractivity contribution in [3.8, 4) is 0 Å². The van der Waals surface area contributed by atoms with Gasteiger partial charge < -0.3 is 14.4 Å². The lowest BCUT2D eigenvalue weighted by Crippen LogP contribution is -2.60. The Balaban J connectivity index is 1.89. The van der Waals surface area contributed by atoms with E-state index in [2.05, 4.69) is 0 Å². The van der Waals surface area contributed by atoms with Gasteiger partial charge in [0.05, 0.1) is 24.8 Å². The smallest absolute Gasteiger partial charge is 0.335 e. The largest absolute Gasteiger partial charge is 0.463 e. The molecule has 5 nitrogen and oxygen atoms in total. The maximum absolute atomic E-state index is 13.3. The minimum Gasteiger partial charge on any atom is -0.463 e. The Morgan fingerprint density at radius 1 is 1.14 bits per heavy atom. The lowest BCUT2D eigenvalue weighted by Gasteiger charge is -2.46. The van der Waals surface area contributed by atoms with Crippen LogP contribution in [0.25, 0.3) is 6.08 Å². The van der Waals surface area contributed by atoms with Crippen LogP contribution in [0.2, 0.25) is 0 Å². The van der Waals surface area contributed by atoms with E-state index in [-0.39, 0.29) is 24.9 Å². The van der Waals surface area contributed by atoms with E-state index >= 15 is 0 Å². The molecule has 0 N–H and O–H groups in total. The van der Waals surface area contributed by atoms with Crippen molar-refractivity contribution in [3.63, 3.8) is 0 Å². The van der Waals surface area contributed by atoms with Crippen LogP contribution in [0.1, 0.15) is 24.1 Å². The van der Waals surface area contributed by atoms with E-state index in [0.717, 1.165) is 11.1 Å². The van der Waals surface area contributed by atoms with Crippen molar-refractivity contribution < 1.29 is 23.5 Å². The molecule has 1 heterocycles. The Kier molecular flexibility index (Phi) is 6.21. The summed E-state index contributed by atoms with van der Waals surface area (Å²) >= 11 is 0. The fourth-order valence-electron chi connectivity index (χ4n) is 3.26. The molecule has 2 aromatic carbocycles. The maximum atomic E-state index is 13.3. The molecule has 3 rings (SSSR count). The van der Waals surface area contributed by atoms with Gasteiger partial charge in [-0.05, 0) is 36.3 Å². The number of carbonyl (C=O) groups is 2. The number of hydrogen-bond acceptors (Lipinski definition) is 4. The molecule has 0 spiro atoms. The van der Waals surface area contributed by atoms with Gasteiger partial charge in [0.15, 0.2) is 6.10 Å². The zero-order valence-electron chi connectivity index (χ0n) is 15.8. The van der Waals surface area contributed by atoms with E-state index in [9.17, 15) is 14.0 Å². The summed E-state index contributed by atoms with van der Waals surface area (Å²) in [6.45, 7) is 2.05. The lowest BCUT2D eigenvalue weighted by molar-refractivity contribution is -0.170. The highest BCUT2D eigenvalue weighted by atomic mass is 19.1. The molecular weight excluding hydrogens is 361 g/mol. The first kappa shape index (κ1) is 19.8. The number of halogens is 1. The van der Waals surface area contributed by atoms with E-state index in [1.54, 1.807) is 30.0 Å². The van der Waals surface area contributed by atoms with Crippen molar-refractivity contribution in [2.75, 3.05) is 20.3 Å². The predicted octanol–water partition coefficient (Wildman–Crippen LogP) is 3.37. The third-order valence-corrected chi connectivity index (χ3v) is 4.63. The molecule has 1 aliphatic heterocycles. The highest BCUT2D eigenvalue weighted by molar-refractivity contribution is 5.96. The van der Waals surface area contributed by atoms with Crippen LogP contribution in [-0.2, 0) is 19.1 Å². The molecule has 2 atom stereocenters. The number of β-lactam (4-membered cyclic amide) rings is 1. The fourth-order valence-corrected chi connectivity index (χ4v) is 3.26. The summed E-state index contributed by atoms with van der Waals surface area (Å²) in [6.07, 6.45) is 1.05. The number of benzene rings is 2. The van der Waals surface area contributed by atoms with Crippen molar-refractivity contribution in [1.29, 1.82) is 0 Å². The van der Waals surface area contributed by atoms with Crippen LogP contribution in [0.4, 0.5) is 4.39 Å². The van der Waals surface area contributed by atoms with Crippen LogP contribution < -0.4 is 0 Å². The number of rotatable bonds is 7. The molecule has 0 unspecified atom stereocenters. The molecule has 6 heteroatoms. The van der Waals surface area contributed by atoms with Crippen molar-refractivity contribution in [1.82, 2.24) is 4.90 Å². The maximum Gasteiger partial charge on any atom is 0.335 e.